The number of anilines is 9. The van der Waals surface area contributed by atoms with Gasteiger partial charge in [0.25, 0.3) is 0 Å². The molecule has 11 rings (SSSR count). The van der Waals surface area contributed by atoms with Gasteiger partial charge in [-0.25, -0.2) is 0 Å². The molecular weight excluding hydrogens is 910 g/mol. The molecule has 9 aromatic carbocycles. The van der Waals surface area contributed by atoms with E-state index >= 15 is 0 Å². The maximum atomic E-state index is 6.02. The largest absolute Gasteiger partial charge is 0.310 e. The average molecular weight is 967 g/mol. The summed E-state index contributed by atoms with van der Waals surface area (Å²) in [5.74, 6) is 0. The number of nitrogens with zero attached hydrogens (tertiary/aromatic N) is 5. The van der Waals surface area contributed by atoms with Crippen molar-refractivity contribution in [2.75, 3.05) is 14.7 Å². The molecule has 0 radical (unpaired) electrons. The average Bonchev–Trinajstić information content (AvgIpc) is 3.44. The van der Waals surface area contributed by atoms with Gasteiger partial charge in [0.1, 0.15) is 0 Å². The van der Waals surface area contributed by atoms with Crippen molar-refractivity contribution in [2.45, 2.75) is 20.8 Å². The van der Waals surface area contributed by atoms with Gasteiger partial charge in [-0.1, -0.05) is 139 Å². The Hall–Kier alpha value is -9.03. The van der Waals surface area contributed by atoms with Crippen LogP contribution < -0.4 is 14.7 Å². The van der Waals surface area contributed by atoms with E-state index in [9.17, 15) is 0 Å². The minimum atomic E-state index is 0.746. The Labute approximate surface area is 435 Å². The van der Waals surface area contributed by atoms with Crippen LogP contribution in [-0.2, 0) is 0 Å². The summed E-state index contributed by atoms with van der Waals surface area (Å²) in [6, 6.07) is 94.4. The summed E-state index contributed by atoms with van der Waals surface area (Å²) >= 11 is 6.02. The quantitative estimate of drug-likeness (QED) is 0.129. The van der Waals surface area contributed by atoms with E-state index in [4.69, 9.17) is 11.6 Å². The van der Waals surface area contributed by atoms with Crippen molar-refractivity contribution < 1.29 is 0 Å². The monoisotopic (exact) mass is 965 g/mol. The number of benzene rings is 9. The van der Waals surface area contributed by atoms with E-state index in [1.54, 1.807) is 12.4 Å². The Morgan fingerprint density at radius 1 is 0.260 bits per heavy atom. The third-order valence-corrected chi connectivity index (χ3v) is 12.3. The summed E-state index contributed by atoms with van der Waals surface area (Å²) in [5.41, 5.74) is 18.1. The normalized spacial score (nSPS) is 10.5. The first-order valence-corrected chi connectivity index (χ1v) is 24.8. The van der Waals surface area contributed by atoms with Crippen molar-refractivity contribution >= 4 is 62.8 Å². The molecule has 0 saturated heterocycles. The van der Waals surface area contributed by atoms with E-state index < -0.39 is 0 Å². The van der Waals surface area contributed by atoms with Gasteiger partial charge in [-0.2, -0.15) is 0 Å². The van der Waals surface area contributed by atoms with Gasteiger partial charge in [0, 0.05) is 68.6 Å². The SMILES string of the molecule is Cc1cccc(N(c2ccccc2)c2ccc(-c3ccc(N(c4ccccc4)c4cccc(C)c4)cc3)cc2)c1.Cc1cccc(N(c2ccccc2)c2ccc(Cl)cc2)c1.c1ccc(-c2ccccn2)nc1. The molecule has 2 heterocycles. The fourth-order valence-electron chi connectivity index (χ4n) is 8.60. The maximum Gasteiger partial charge on any atom is 0.0886 e. The number of rotatable bonds is 11. The third kappa shape index (κ3) is 12.8. The molecule has 11 aromatic rings. The van der Waals surface area contributed by atoms with Gasteiger partial charge < -0.3 is 14.7 Å². The van der Waals surface area contributed by atoms with Gasteiger partial charge in [0.2, 0.25) is 0 Å². The van der Waals surface area contributed by atoms with Crippen molar-refractivity contribution in [2.24, 2.45) is 0 Å². The molecule has 2 aromatic heterocycles. The molecule has 0 fully saturated rings. The van der Waals surface area contributed by atoms with E-state index in [1.807, 2.05) is 78.9 Å². The Bertz CT molecular complexity index is 3240. The van der Waals surface area contributed by atoms with Crippen LogP contribution in [0.15, 0.2) is 285 Å². The molecule has 356 valence electrons. The van der Waals surface area contributed by atoms with Crippen molar-refractivity contribution in [3.63, 3.8) is 0 Å². The van der Waals surface area contributed by atoms with Crippen LogP contribution in [0.5, 0.6) is 0 Å². The lowest BCUT2D eigenvalue weighted by molar-refractivity contribution is 1.25. The molecule has 0 amide bonds. The summed E-state index contributed by atoms with van der Waals surface area (Å²) in [5, 5.41) is 0.746. The highest BCUT2D eigenvalue weighted by atomic mass is 35.5. The molecular formula is C67H56ClN5. The molecule has 6 heteroatoms. The Kier molecular flexibility index (Phi) is 16.2. The fraction of sp³-hybridized carbons (Fsp3) is 0.0448. The molecule has 73 heavy (non-hydrogen) atoms. The predicted molar refractivity (Wildman–Crippen MR) is 309 cm³/mol. The van der Waals surface area contributed by atoms with Crippen LogP contribution in [0, 0.1) is 20.8 Å². The van der Waals surface area contributed by atoms with Crippen molar-refractivity contribution in [1.29, 1.82) is 0 Å². The zero-order valence-corrected chi connectivity index (χ0v) is 42.0. The van der Waals surface area contributed by atoms with Gasteiger partial charge in [0.05, 0.1) is 11.4 Å². The van der Waals surface area contributed by atoms with Crippen LogP contribution >= 0.6 is 11.6 Å². The van der Waals surface area contributed by atoms with Gasteiger partial charge in [0.15, 0.2) is 0 Å². The molecule has 0 N–H and O–H groups in total. The number of aryl methyl sites for hydroxylation is 3. The summed E-state index contributed by atoms with van der Waals surface area (Å²) < 4.78 is 0. The third-order valence-electron chi connectivity index (χ3n) is 12.1. The highest BCUT2D eigenvalue weighted by Crippen LogP contribution is 2.39. The first-order valence-electron chi connectivity index (χ1n) is 24.4. The first-order chi connectivity index (χ1) is 35.9. The molecule has 0 aliphatic rings. The van der Waals surface area contributed by atoms with Crippen molar-refractivity contribution in [3.8, 4) is 22.5 Å². The van der Waals surface area contributed by atoms with Gasteiger partial charge in [-0.3, -0.25) is 9.97 Å². The molecule has 0 atom stereocenters. The molecule has 0 saturated carbocycles. The van der Waals surface area contributed by atoms with E-state index in [0.717, 1.165) is 67.6 Å². The van der Waals surface area contributed by atoms with Gasteiger partial charge >= 0.3 is 0 Å². The lowest BCUT2D eigenvalue weighted by Crippen LogP contribution is -2.10. The zero-order chi connectivity index (χ0) is 50.2. The minimum absolute atomic E-state index is 0.746. The van der Waals surface area contributed by atoms with Crippen LogP contribution in [-0.4, -0.2) is 9.97 Å². The molecule has 5 nitrogen and oxygen atoms in total. The lowest BCUT2D eigenvalue weighted by Gasteiger charge is -2.26. The fourth-order valence-corrected chi connectivity index (χ4v) is 8.72. The van der Waals surface area contributed by atoms with E-state index in [0.29, 0.717) is 0 Å². The van der Waals surface area contributed by atoms with Gasteiger partial charge in [-0.05, 0) is 194 Å². The van der Waals surface area contributed by atoms with E-state index in [-0.39, 0.29) is 0 Å². The van der Waals surface area contributed by atoms with Crippen LogP contribution in [0.4, 0.5) is 51.2 Å². The van der Waals surface area contributed by atoms with E-state index in [1.165, 1.54) is 27.8 Å². The zero-order valence-electron chi connectivity index (χ0n) is 41.2. The summed E-state index contributed by atoms with van der Waals surface area (Å²) in [4.78, 5) is 15.2. The smallest absolute Gasteiger partial charge is 0.0886 e. The second kappa shape index (κ2) is 24.2. The van der Waals surface area contributed by atoms with Crippen LogP contribution in [0.3, 0.4) is 0 Å². The number of hydrogen-bond acceptors (Lipinski definition) is 5. The second-order valence-electron chi connectivity index (χ2n) is 17.5. The summed E-state index contributed by atoms with van der Waals surface area (Å²) in [6.45, 7) is 6.38. The number of pyridine rings is 2. The second-order valence-corrected chi connectivity index (χ2v) is 18.0. The van der Waals surface area contributed by atoms with Crippen molar-refractivity contribution in [1.82, 2.24) is 9.97 Å². The summed E-state index contributed by atoms with van der Waals surface area (Å²) in [7, 11) is 0. The number of aromatic nitrogens is 2. The van der Waals surface area contributed by atoms with E-state index in [2.05, 4.69) is 240 Å². The van der Waals surface area contributed by atoms with Crippen LogP contribution in [0.25, 0.3) is 22.5 Å². The number of para-hydroxylation sites is 3. The highest BCUT2D eigenvalue weighted by Gasteiger charge is 2.16. The Morgan fingerprint density at radius 3 is 0.822 bits per heavy atom. The van der Waals surface area contributed by atoms with Crippen molar-refractivity contribution in [3.05, 3.63) is 307 Å². The Balaban J connectivity index is 0.000000164. The lowest BCUT2D eigenvalue weighted by atomic mass is 10.0. The van der Waals surface area contributed by atoms with Crippen LogP contribution in [0.2, 0.25) is 5.02 Å². The topological polar surface area (TPSA) is 35.5 Å². The number of hydrogen-bond donors (Lipinski definition) is 0. The Morgan fingerprint density at radius 2 is 0.534 bits per heavy atom. The van der Waals surface area contributed by atoms with Gasteiger partial charge in [-0.15, -0.1) is 0 Å². The minimum Gasteiger partial charge on any atom is -0.310 e. The first kappa shape index (κ1) is 49.0. The highest BCUT2D eigenvalue weighted by molar-refractivity contribution is 6.30. The molecule has 0 bridgehead atoms. The summed E-state index contributed by atoms with van der Waals surface area (Å²) in [6.07, 6.45) is 3.54. The molecule has 0 aliphatic heterocycles. The molecule has 0 unspecified atom stereocenters. The predicted octanol–water partition coefficient (Wildman–Crippen LogP) is 19.2. The number of halogens is 1. The molecule has 0 spiro atoms. The van der Waals surface area contributed by atoms with Crippen LogP contribution in [0.1, 0.15) is 16.7 Å². The molecule has 0 aliphatic carbocycles. The maximum absolute atomic E-state index is 6.02. The standard InChI is InChI=1S/C38H32N2.C19H16ClN.C10H8N2/c1-29-11-9-17-37(27-29)39(33-13-5-3-6-14-33)35-23-19-31(20-24-35)32-21-25-36(26-22-32)40(34-15-7-4-8-16-34)38-18-10-12-30(2)28-38;1-15-6-5-9-19(14-15)21(17-7-3-2-4-8-17)18-12-10-16(20)11-13-18;1-3-7-11-9(5-1)10-6-2-4-8-12-10/h3-28H,1-2H3;2-14H,1H3;1-8H.